The van der Waals surface area contributed by atoms with Gasteiger partial charge in [0.05, 0.1) is 23.5 Å². The number of amides is 4. The molecule has 14 nitrogen and oxygen atoms in total. The summed E-state index contributed by atoms with van der Waals surface area (Å²) in [6, 6.07) is 20.7. The molecule has 1 atom stereocenters. The van der Waals surface area contributed by atoms with Gasteiger partial charge >= 0.3 is 0 Å². The van der Waals surface area contributed by atoms with Gasteiger partial charge in [-0.15, -0.1) is 0 Å². The largest absolute Gasteiger partial charge is 0.490 e. The molecule has 4 heterocycles. The Bertz CT molecular complexity index is 2260. The van der Waals surface area contributed by atoms with Crippen molar-refractivity contribution in [3.8, 4) is 28.9 Å². The molecule has 8 rings (SSSR count). The van der Waals surface area contributed by atoms with Crippen molar-refractivity contribution in [3.63, 3.8) is 0 Å². The second-order valence-corrected chi connectivity index (χ2v) is 14.1. The molecule has 0 radical (unpaired) electrons. The first-order chi connectivity index (χ1) is 26.6. The van der Waals surface area contributed by atoms with Crippen LogP contribution in [-0.4, -0.2) is 66.8 Å². The van der Waals surface area contributed by atoms with Crippen LogP contribution >= 0.6 is 0 Å². The zero-order chi connectivity index (χ0) is 38.3. The molecule has 14 heteroatoms. The minimum atomic E-state index is -0.991. The van der Waals surface area contributed by atoms with Gasteiger partial charge in [0, 0.05) is 43.3 Å². The highest BCUT2D eigenvalue weighted by molar-refractivity contribution is 6.23. The summed E-state index contributed by atoms with van der Waals surface area (Å²) in [6.45, 7) is 6.11. The summed E-state index contributed by atoms with van der Waals surface area (Å²) in [5, 5.41) is 9.52. The van der Waals surface area contributed by atoms with E-state index in [1.807, 2.05) is 24.3 Å². The van der Waals surface area contributed by atoms with E-state index in [0.29, 0.717) is 34.7 Å². The van der Waals surface area contributed by atoms with E-state index in [9.17, 15) is 19.2 Å². The molecule has 4 amide bonds. The average Bonchev–Trinajstić information content (AvgIpc) is 3.72. The van der Waals surface area contributed by atoms with Crippen LogP contribution in [0, 0.1) is 6.92 Å². The number of anilines is 1. The van der Waals surface area contributed by atoms with E-state index in [0.717, 1.165) is 36.3 Å². The summed E-state index contributed by atoms with van der Waals surface area (Å²) in [7, 11) is 0. The van der Waals surface area contributed by atoms with Crippen LogP contribution in [0.2, 0.25) is 0 Å². The number of carbonyl (C=O) groups excluding carboxylic acids is 4. The Kier molecular flexibility index (Phi) is 9.33. The number of imide groups is 2. The molecule has 2 aromatic heterocycles. The zero-order valence-corrected chi connectivity index (χ0v) is 30.6. The Morgan fingerprint density at radius 1 is 0.836 bits per heavy atom. The predicted molar refractivity (Wildman–Crippen MR) is 199 cm³/mol. The Balaban J connectivity index is 0.857. The average molecular weight is 742 g/mol. The second kappa shape index (κ2) is 14.4. The maximum Gasteiger partial charge on any atom is 0.262 e. The van der Waals surface area contributed by atoms with Crippen LogP contribution in [0.4, 0.5) is 5.69 Å². The van der Waals surface area contributed by atoms with E-state index in [1.54, 1.807) is 37.5 Å². The van der Waals surface area contributed by atoms with Crippen molar-refractivity contribution in [1.29, 1.82) is 0 Å². The minimum absolute atomic E-state index is 0.0310. The van der Waals surface area contributed by atoms with Gasteiger partial charge in [0.1, 0.15) is 23.6 Å². The Morgan fingerprint density at radius 3 is 2.11 bits per heavy atom. The van der Waals surface area contributed by atoms with Gasteiger partial charge < -0.3 is 19.3 Å². The van der Waals surface area contributed by atoms with Gasteiger partial charge in [-0.25, -0.2) is 9.97 Å². The van der Waals surface area contributed by atoms with Crippen LogP contribution in [0.15, 0.2) is 83.6 Å². The number of hydrogen-bond donors (Lipinski definition) is 2. The van der Waals surface area contributed by atoms with Crippen molar-refractivity contribution < 1.29 is 33.2 Å². The van der Waals surface area contributed by atoms with Crippen LogP contribution < -0.4 is 20.1 Å². The molecule has 2 aliphatic heterocycles. The van der Waals surface area contributed by atoms with Crippen molar-refractivity contribution in [2.45, 2.75) is 82.9 Å². The third-order valence-corrected chi connectivity index (χ3v) is 10.8. The van der Waals surface area contributed by atoms with Gasteiger partial charge in [0.25, 0.3) is 11.8 Å². The van der Waals surface area contributed by atoms with Crippen LogP contribution in [-0.2, 0) is 15.0 Å². The molecule has 3 aromatic carbocycles. The topological polar surface area (TPSA) is 179 Å². The fourth-order valence-corrected chi connectivity index (χ4v) is 7.71. The van der Waals surface area contributed by atoms with Crippen molar-refractivity contribution in [2.24, 2.45) is 0 Å². The molecule has 0 spiro atoms. The summed E-state index contributed by atoms with van der Waals surface area (Å²) >= 11 is 0. The highest BCUT2D eigenvalue weighted by Gasteiger charge is 2.45. The Hall–Kier alpha value is -6.44. The van der Waals surface area contributed by atoms with Crippen LogP contribution in [0.3, 0.4) is 0 Å². The van der Waals surface area contributed by atoms with Crippen LogP contribution in [0.1, 0.15) is 90.1 Å². The molecule has 1 aliphatic carbocycles. The maximum atomic E-state index is 13.2. The number of aromatic nitrogens is 4. The fraction of sp³-hybridized carbons (Fsp3) is 0.317. The highest BCUT2D eigenvalue weighted by Crippen LogP contribution is 2.41. The number of aryl methyl sites for hydroxylation is 1. The minimum Gasteiger partial charge on any atom is -0.490 e. The first kappa shape index (κ1) is 35.6. The number of nitrogens with one attached hydrogen (secondary N) is 2. The van der Waals surface area contributed by atoms with Gasteiger partial charge in [-0.1, -0.05) is 43.3 Å². The number of fused-ring (bicyclic) bond motifs is 1. The van der Waals surface area contributed by atoms with Crippen LogP contribution in [0.5, 0.6) is 17.2 Å². The van der Waals surface area contributed by atoms with Gasteiger partial charge in [-0.2, -0.15) is 4.98 Å². The maximum absolute atomic E-state index is 13.2. The first-order valence-corrected chi connectivity index (χ1v) is 18.4. The molecule has 2 N–H and O–H groups in total. The summed E-state index contributed by atoms with van der Waals surface area (Å²) in [4.78, 5) is 63.9. The number of rotatable bonds is 12. The Labute approximate surface area is 316 Å². The normalized spacial score (nSPS) is 19.5. The highest BCUT2D eigenvalue weighted by atomic mass is 16.5. The lowest BCUT2D eigenvalue weighted by Crippen LogP contribution is -2.54. The van der Waals surface area contributed by atoms with Crippen molar-refractivity contribution in [1.82, 2.24) is 30.3 Å². The molecule has 1 saturated heterocycles. The monoisotopic (exact) mass is 741 g/mol. The molecule has 55 heavy (non-hydrogen) atoms. The van der Waals surface area contributed by atoms with Crippen molar-refractivity contribution in [3.05, 3.63) is 107 Å². The summed E-state index contributed by atoms with van der Waals surface area (Å²) < 4.78 is 17.4. The zero-order valence-electron chi connectivity index (χ0n) is 30.6. The summed E-state index contributed by atoms with van der Waals surface area (Å²) in [5.41, 5.74) is 3.41. The lowest BCUT2D eigenvalue weighted by atomic mass is 9.70. The Morgan fingerprint density at radius 2 is 1.49 bits per heavy atom. The van der Waals surface area contributed by atoms with E-state index in [2.05, 4.69) is 68.9 Å². The first-order valence-electron chi connectivity index (χ1n) is 18.4. The number of nitrogens with zero attached hydrogens (tertiary/aromatic N) is 5. The number of benzene rings is 3. The molecule has 0 bridgehead atoms. The van der Waals surface area contributed by atoms with E-state index in [4.69, 9.17) is 14.0 Å². The van der Waals surface area contributed by atoms with E-state index in [-0.39, 0.29) is 41.5 Å². The molecule has 5 aromatic rings. The molecule has 1 saturated carbocycles. The third kappa shape index (κ3) is 6.79. The number of piperidine rings is 1. The quantitative estimate of drug-likeness (QED) is 0.139. The van der Waals surface area contributed by atoms with Crippen molar-refractivity contribution >= 4 is 29.3 Å². The fourth-order valence-electron chi connectivity index (χ4n) is 7.71. The van der Waals surface area contributed by atoms with Gasteiger partial charge in [0.2, 0.25) is 29.4 Å². The smallest absolute Gasteiger partial charge is 0.262 e. The second-order valence-electron chi connectivity index (χ2n) is 14.1. The van der Waals surface area contributed by atoms with Gasteiger partial charge in [-0.3, -0.25) is 29.4 Å². The predicted octanol–water partition coefficient (Wildman–Crippen LogP) is 6.16. The van der Waals surface area contributed by atoms with E-state index in [1.165, 1.54) is 11.1 Å². The standard InChI is InChI=1S/C41H39N7O7/c1-4-41(5-2,25-8-13-29(14-9-25)54-31-21-42-36(43-22-31)37-44-23(3)55-47-37)24-6-11-28(12-7-24)53-30-18-27(19-30)45-26-10-15-32-33(20-26)40(52)48(39(32)51)34-16-17-35(49)46-38(34)50/h6-15,20-22,27,30,34,45H,4-5,16-19H2,1-3H3,(H,46,49,50). The lowest BCUT2D eigenvalue weighted by molar-refractivity contribution is -0.136. The molecule has 280 valence electrons. The SMILES string of the molecule is CCC(CC)(c1ccc(Oc2cnc(-c3noc(C)n3)nc2)cc1)c1ccc(OC2CC(Nc3ccc4c(c3)C(=O)N(C3CCC(=O)NC3=O)C4=O)C2)cc1. The lowest BCUT2D eigenvalue weighted by Gasteiger charge is -2.37. The molecule has 1 unspecified atom stereocenters. The summed E-state index contributed by atoms with van der Waals surface area (Å²) in [5.74, 6) is 1.02. The van der Waals surface area contributed by atoms with Gasteiger partial charge in [-0.05, 0) is 72.9 Å². The molecular weight excluding hydrogens is 702 g/mol. The molecule has 2 fully saturated rings. The molecular formula is C41H39N7O7. The van der Waals surface area contributed by atoms with Crippen LogP contribution in [0.25, 0.3) is 11.6 Å². The number of carbonyl (C=O) groups is 4. The third-order valence-electron chi connectivity index (χ3n) is 10.8. The molecule has 3 aliphatic rings. The van der Waals surface area contributed by atoms with Crippen molar-refractivity contribution in [2.75, 3.05) is 5.32 Å². The van der Waals surface area contributed by atoms with E-state index < -0.39 is 29.7 Å². The van der Waals surface area contributed by atoms with Gasteiger partial charge in [0.15, 0.2) is 5.75 Å². The number of ether oxygens (including phenoxy) is 2. The van der Waals surface area contributed by atoms with E-state index >= 15 is 0 Å². The number of hydrogen-bond acceptors (Lipinski definition) is 12. The summed E-state index contributed by atoms with van der Waals surface area (Å²) in [6.07, 6.45) is 6.74.